The van der Waals surface area contributed by atoms with E-state index < -0.39 is 0 Å². The number of alkyl halides is 1. The SMILES string of the molecule is ClC1CC2C3C=CC2C13. The molecule has 0 aromatic rings. The zero-order valence-corrected chi connectivity index (χ0v) is 5.88. The Morgan fingerprint density at radius 3 is 2.22 bits per heavy atom. The molecule has 0 aromatic heterocycles. The number of rotatable bonds is 0. The highest BCUT2D eigenvalue weighted by Crippen LogP contribution is 2.64. The maximum Gasteiger partial charge on any atom is 0.0378 e. The van der Waals surface area contributed by atoms with Crippen LogP contribution in [0.3, 0.4) is 0 Å². The Bertz CT molecular complexity index is 171. The monoisotopic (exact) mass is 140 g/mol. The van der Waals surface area contributed by atoms with Crippen molar-refractivity contribution in [3.63, 3.8) is 0 Å². The lowest BCUT2D eigenvalue weighted by molar-refractivity contribution is 0.162. The lowest BCUT2D eigenvalue weighted by Crippen LogP contribution is -2.32. The minimum Gasteiger partial charge on any atom is -0.123 e. The van der Waals surface area contributed by atoms with Crippen LogP contribution in [0, 0.1) is 23.7 Å². The summed E-state index contributed by atoms with van der Waals surface area (Å²) < 4.78 is 0. The highest BCUT2D eigenvalue weighted by Gasteiger charge is 2.60. The molecule has 3 saturated carbocycles. The van der Waals surface area contributed by atoms with Crippen LogP contribution in [-0.4, -0.2) is 5.38 Å². The Balaban J connectivity index is 2.05. The van der Waals surface area contributed by atoms with Gasteiger partial charge >= 0.3 is 0 Å². The molecule has 0 N–H and O–H groups in total. The molecule has 0 heterocycles. The molecule has 1 heteroatoms. The summed E-state index contributed by atoms with van der Waals surface area (Å²) in [4.78, 5) is 0. The summed E-state index contributed by atoms with van der Waals surface area (Å²) in [5.41, 5.74) is 0. The molecule has 0 aliphatic heterocycles. The molecule has 0 nitrogen and oxygen atoms in total. The molecule has 0 saturated heterocycles. The third-order valence-electron chi connectivity index (χ3n) is 3.35. The molecule has 0 amide bonds. The first-order valence-corrected chi connectivity index (χ1v) is 4.14. The van der Waals surface area contributed by atoms with Gasteiger partial charge in [-0.2, -0.15) is 0 Å². The molecule has 3 atom stereocenters. The van der Waals surface area contributed by atoms with Gasteiger partial charge in [0, 0.05) is 5.38 Å². The van der Waals surface area contributed by atoms with Gasteiger partial charge in [0.25, 0.3) is 0 Å². The predicted octanol–water partition coefficient (Wildman–Crippen LogP) is 2.05. The quantitative estimate of drug-likeness (QED) is 0.357. The molecule has 3 unspecified atom stereocenters. The minimum absolute atomic E-state index is 0.514. The van der Waals surface area contributed by atoms with E-state index >= 15 is 0 Å². The number of hydrogen-bond donors (Lipinski definition) is 0. The third kappa shape index (κ3) is 0.346. The molecule has 0 spiro atoms. The fourth-order valence-corrected chi connectivity index (χ4v) is 3.49. The van der Waals surface area contributed by atoms with E-state index in [2.05, 4.69) is 12.2 Å². The Hall–Kier alpha value is 0.0300. The van der Waals surface area contributed by atoms with Crippen molar-refractivity contribution >= 4 is 11.6 Å². The Morgan fingerprint density at radius 1 is 1.22 bits per heavy atom. The molecule has 0 radical (unpaired) electrons. The van der Waals surface area contributed by atoms with Gasteiger partial charge in [-0.05, 0) is 30.1 Å². The smallest absolute Gasteiger partial charge is 0.0378 e. The molecule has 9 heavy (non-hydrogen) atoms. The van der Waals surface area contributed by atoms with E-state index in [4.69, 9.17) is 11.6 Å². The van der Waals surface area contributed by atoms with Crippen LogP contribution < -0.4 is 0 Å². The van der Waals surface area contributed by atoms with E-state index in [0.29, 0.717) is 5.38 Å². The van der Waals surface area contributed by atoms with Crippen molar-refractivity contribution in [3.8, 4) is 0 Å². The second kappa shape index (κ2) is 1.22. The average Bonchev–Trinajstić information content (AvgIpc) is 2.34. The maximum absolute atomic E-state index is 6.09. The molecule has 0 aromatic carbocycles. The van der Waals surface area contributed by atoms with Gasteiger partial charge in [0.2, 0.25) is 0 Å². The van der Waals surface area contributed by atoms with E-state index in [0.717, 1.165) is 23.7 Å². The van der Waals surface area contributed by atoms with Gasteiger partial charge in [-0.3, -0.25) is 0 Å². The Morgan fingerprint density at radius 2 is 1.89 bits per heavy atom. The van der Waals surface area contributed by atoms with Crippen LogP contribution in [0.2, 0.25) is 0 Å². The van der Waals surface area contributed by atoms with Crippen molar-refractivity contribution < 1.29 is 0 Å². The second-order valence-electron chi connectivity index (χ2n) is 3.53. The van der Waals surface area contributed by atoms with Crippen molar-refractivity contribution in [2.24, 2.45) is 23.7 Å². The number of allylic oxidation sites excluding steroid dienone is 2. The zero-order valence-electron chi connectivity index (χ0n) is 5.13. The fraction of sp³-hybridized carbons (Fsp3) is 0.750. The average molecular weight is 141 g/mol. The van der Waals surface area contributed by atoms with Gasteiger partial charge in [-0.1, -0.05) is 12.2 Å². The molecule has 3 fully saturated rings. The summed E-state index contributed by atoms with van der Waals surface area (Å²) in [6.07, 6.45) is 6.04. The minimum atomic E-state index is 0.514. The molecular weight excluding hydrogens is 132 g/mol. The van der Waals surface area contributed by atoms with Gasteiger partial charge in [0.15, 0.2) is 0 Å². The first kappa shape index (κ1) is 4.79. The fourth-order valence-electron chi connectivity index (χ4n) is 2.95. The highest BCUT2D eigenvalue weighted by atomic mass is 35.5. The van der Waals surface area contributed by atoms with Crippen molar-refractivity contribution in [2.45, 2.75) is 11.8 Å². The van der Waals surface area contributed by atoms with Crippen LogP contribution in [-0.2, 0) is 0 Å². The maximum atomic E-state index is 6.09. The topological polar surface area (TPSA) is 0 Å². The summed E-state index contributed by atoms with van der Waals surface area (Å²) in [5, 5.41) is 0.514. The molecule has 4 bridgehead atoms. The Labute approximate surface area is 59.9 Å². The van der Waals surface area contributed by atoms with Crippen LogP contribution >= 0.6 is 11.6 Å². The van der Waals surface area contributed by atoms with Crippen LogP contribution in [0.15, 0.2) is 12.2 Å². The summed E-state index contributed by atoms with van der Waals surface area (Å²) in [7, 11) is 0. The van der Waals surface area contributed by atoms with Gasteiger partial charge in [-0.15, -0.1) is 11.6 Å². The Kier molecular flexibility index (Phi) is 0.649. The van der Waals surface area contributed by atoms with E-state index in [1.807, 2.05) is 0 Å². The first-order valence-electron chi connectivity index (χ1n) is 3.70. The third-order valence-corrected chi connectivity index (χ3v) is 3.82. The van der Waals surface area contributed by atoms with Crippen molar-refractivity contribution in [2.75, 3.05) is 0 Å². The predicted molar refractivity (Wildman–Crippen MR) is 37.4 cm³/mol. The van der Waals surface area contributed by atoms with Crippen LogP contribution in [0.25, 0.3) is 0 Å². The molecular formula is C8H9Cl. The van der Waals surface area contributed by atoms with E-state index in [-0.39, 0.29) is 0 Å². The zero-order chi connectivity index (χ0) is 6.01. The van der Waals surface area contributed by atoms with Crippen molar-refractivity contribution in [1.82, 2.24) is 0 Å². The summed E-state index contributed by atoms with van der Waals surface area (Å²) in [5.74, 6) is 3.63. The van der Waals surface area contributed by atoms with Crippen molar-refractivity contribution in [3.05, 3.63) is 12.2 Å². The number of fused-ring (bicyclic) bond motifs is 1. The van der Waals surface area contributed by atoms with E-state index in [1.54, 1.807) is 0 Å². The molecule has 5 rings (SSSR count). The number of halogens is 1. The molecule has 5 aliphatic carbocycles. The lowest BCUT2D eigenvalue weighted by atomic mass is 9.70. The standard InChI is InChI=1S/C8H9Cl/c9-7-3-6-4-1-2-5(6)8(4)7/h1-2,4-8H,3H2. The molecule has 48 valence electrons. The molecule has 5 aliphatic rings. The van der Waals surface area contributed by atoms with Crippen LogP contribution in [0.5, 0.6) is 0 Å². The van der Waals surface area contributed by atoms with Gasteiger partial charge < -0.3 is 0 Å². The normalized spacial score (nSPS) is 66.6. The summed E-state index contributed by atoms with van der Waals surface area (Å²) in [6.45, 7) is 0. The highest BCUT2D eigenvalue weighted by molar-refractivity contribution is 6.21. The van der Waals surface area contributed by atoms with E-state index in [1.165, 1.54) is 6.42 Å². The largest absolute Gasteiger partial charge is 0.123 e. The van der Waals surface area contributed by atoms with Crippen molar-refractivity contribution in [1.29, 1.82) is 0 Å². The number of hydrogen-bond acceptors (Lipinski definition) is 0. The first-order chi connectivity index (χ1) is 4.38. The van der Waals surface area contributed by atoms with Gasteiger partial charge in [0.1, 0.15) is 0 Å². The van der Waals surface area contributed by atoms with Gasteiger partial charge in [-0.25, -0.2) is 0 Å². The van der Waals surface area contributed by atoms with Crippen LogP contribution in [0.1, 0.15) is 6.42 Å². The van der Waals surface area contributed by atoms with Crippen LogP contribution in [0.4, 0.5) is 0 Å². The second-order valence-corrected chi connectivity index (χ2v) is 4.09. The van der Waals surface area contributed by atoms with E-state index in [9.17, 15) is 0 Å². The van der Waals surface area contributed by atoms with Gasteiger partial charge in [0.05, 0.1) is 0 Å². The lowest BCUT2D eigenvalue weighted by Gasteiger charge is -2.35. The summed E-state index contributed by atoms with van der Waals surface area (Å²) in [6, 6.07) is 0. The summed E-state index contributed by atoms with van der Waals surface area (Å²) >= 11 is 6.09.